The van der Waals surface area contributed by atoms with Crippen molar-refractivity contribution in [2.75, 3.05) is 0 Å². The number of aromatic nitrogens is 1. The minimum atomic E-state index is -0.281. The van der Waals surface area contributed by atoms with Crippen molar-refractivity contribution in [3.8, 4) is 11.3 Å². The molecule has 0 amide bonds. The number of benzene rings is 2. The van der Waals surface area contributed by atoms with Crippen molar-refractivity contribution in [1.29, 1.82) is 0 Å². The van der Waals surface area contributed by atoms with Gasteiger partial charge in [-0.25, -0.2) is 8.96 Å². The molecule has 2 aromatic heterocycles. The molecule has 0 saturated carbocycles. The van der Waals surface area contributed by atoms with Crippen molar-refractivity contribution < 1.29 is 13.4 Å². The summed E-state index contributed by atoms with van der Waals surface area (Å²) in [6, 6.07) is 11.1. The van der Waals surface area contributed by atoms with E-state index in [2.05, 4.69) is 49.7 Å². The standard InChI is InChI=1S/C21H19FNO/c1-12-5-7-17-16-8-6-15(22)10-19(16)24-21(17)20(12)18-9-13(2)14(3)11-23(18)4/h5-11H,1-4H3/q+1. The third-order valence-corrected chi connectivity index (χ3v) is 4.81. The van der Waals surface area contributed by atoms with Crippen LogP contribution in [-0.2, 0) is 7.05 Å². The highest BCUT2D eigenvalue weighted by Gasteiger charge is 2.21. The highest BCUT2D eigenvalue weighted by Crippen LogP contribution is 2.37. The van der Waals surface area contributed by atoms with Gasteiger partial charge in [-0.3, -0.25) is 0 Å². The van der Waals surface area contributed by atoms with Gasteiger partial charge in [0.15, 0.2) is 6.20 Å². The second-order valence-electron chi connectivity index (χ2n) is 6.51. The van der Waals surface area contributed by atoms with E-state index in [0.717, 1.165) is 33.2 Å². The summed E-state index contributed by atoms with van der Waals surface area (Å²) in [5, 5.41) is 1.96. The first-order valence-corrected chi connectivity index (χ1v) is 8.04. The molecule has 3 heteroatoms. The van der Waals surface area contributed by atoms with Crippen molar-refractivity contribution in [2.24, 2.45) is 7.05 Å². The Morgan fingerprint density at radius 3 is 2.42 bits per heavy atom. The minimum Gasteiger partial charge on any atom is -0.455 e. The first-order chi connectivity index (χ1) is 11.5. The lowest BCUT2D eigenvalue weighted by molar-refractivity contribution is -0.660. The van der Waals surface area contributed by atoms with Gasteiger partial charge in [-0.1, -0.05) is 12.1 Å². The van der Waals surface area contributed by atoms with Crippen LogP contribution < -0.4 is 4.57 Å². The van der Waals surface area contributed by atoms with Gasteiger partial charge >= 0.3 is 0 Å². The maximum atomic E-state index is 13.6. The molecule has 0 aliphatic heterocycles. The van der Waals surface area contributed by atoms with Gasteiger partial charge in [0.2, 0.25) is 5.69 Å². The summed E-state index contributed by atoms with van der Waals surface area (Å²) in [5.74, 6) is -0.281. The average molecular weight is 320 g/mol. The van der Waals surface area contributed by atoms with Gasteiger partial charge in [0.1, 0.15) is 24.0 Å². The van der Waals surface area contributed by atoms with Gasteiger partial charge in [-0.15, -0.1) is 0 Å². The summed E-state index contributed by atoms with van der Waals surface area (Å²) < 4.78 is 21.8. The number of halogens is 1. The quantitative estimate of drug-likeness (QED) is 0.444. The molecule has 0 atom stereocenters. The molecule has 0 unspecified atom stereocenters. The van der Waals surface area contributed by atoms with E-state index < -0.39 is 0 Å². The van der Waals surface area contributed by atoms with Crippen molar-refractivity contribution in [3.63, 3.8) is 0 Å². The van der Waals surface area contributed by atoms with Crippen molar-refractivity contribution in [1.82, 2.24) is 0 Å². The molecule has 0 radical (unpaired) electrons. The van der Waals surface area contributed by atoms with Crippen molar-refractivity contribution in [2.45, 2.75) is 20.8 Å². The Balaban J connectivity index is 2.13. The molecule has 0 bridgehead atoms. The van der Waals surface area contributed by atoms with E-state index in [-0.39, 0.29) is 5.82 Å². The van der Waals surface area contributed by atoms with Gasteiger partial charge in [-0.2, -0.15) is 0 Å². The largest absolute Gasteiger partial charge is 0.455 e. The zero-order valence-corrected chi connectivity index (χ0v) is 14.3. The fourth-order valence-electron chi connectivity index (χ4n) is 3.36. The number of aryl methyl sites for hydroxylation is 4. The maximum absolute atomic E-state index is 13.6. The predicted octanol–water partition coefficient (Wildman–Crippen LogP) is 5.14. The average Bonchev–Trinajstić information content (AvgIpc) is 2.88. The Labute approximate surface area is 140 Å². The van der Waals surface area contributed by atoms with Crippen LogP contribution in [0.1, 0.15) is 16.7 Å². The van der Waals surface area contributed by atoms with Crippen LogP contribution in [-0.4, -0.2) is 0 Å². The van der Waals surface area contributed by atoms with Gasteiger partial charge in [0.05, 0.1) is 5.56 Å². The van der Waals surface area contributed by atoms with Crippen LogP contribution in [0.4, 0.5) is 4.39 Å². The minimum absolute atomic E-state index is 0.281. The fourth-order valence-corrected chi connectivity index (χ4v) is 3.36. The second kappa shape index (κ2) is 5.17. The molecule has 0 aliphatic carbocycles. The molecular formula is C21H19FNO+. The van der Waals surface area contributed by atoms with Gasteiger partial charge in [-0.05, 0) is 44.0 Å². The van der Waals surface area contributed by atoms with E-state index in [4.69, 9.17) is 4.42 Å². The van der Waals surface area contributed by atoms with E-state index in [0.29, 0.717) is 5.58 Å². The third kappa shape index (κ3) is 2.12. The Hall–Kier alpha value is -2.68. The molecule has 0 spiro atoms. The van der Waals surface area contributed by atoms with E-state index in [1.165, 1.54) is 23.3 Å². The van der Waals surface area contributed by atoms with Crippen LogP contribution in [0, 0.1) is 26.6 Å². The Morgan fingerprint density at radius 2 is 1.62 bits per heavy atom. The molecule has 2 nitrogen and oxygen atoms in total. The number of rotatable bonds is 1. The van der Waals surface area contributed by atoms with Crippen LogP contribution in [0.2, 0.25) is 0 Å². The first-order valence-electron chi connectivity index (χ1n) is 8.04. The number of hydrogen-bond donors (Lipinski definition) is 0. The number of furan rings is 1. The molecular weight excluding hydrogens is 301 g/mol. The highest BCUT2D eigenvalue weighted by atomic mass is 19.1. The summed E-state index contributed by atoms with van der Waals surface area (Å²) in [4.78, 5) is 0. The summed E-state index contributed by atoms with van der Waals surface area (Å²) in [7, 11) is 2.04. The Kier molecular flexibility index (Phi) is 3.20. The normalized spacial score (nSPS) is 11.5. The van der Waals surface area contributed by atoms with Gasteiger partial charge in [0.25, 0.3) is 0 Å². The SMILES string of the molecule is Cc1cc(-c2c(C)ccc3c2oc2cc(F)ccc23)[n+](C)cc1C. The molecule has 4 rings (SSSR count). The summed E-state index contributed by atoms with van der Waals surface area (Å²) in [6.45, 7) is 6.30. The maximum Gasteiger partial charge on any atom is 0.216 e. The lowest BCUT2D eigenvalue weighted by Crippen LogP contribution is -2.31. The number of fused-ring (bicyclic) bond motifs is 3. The molecule has 24 heavy (non-hydrogen) atoms. The Bertz CT molecular complexity index is 1110. The lowest BCUT2D eigenvalue weighted by Gasteiger charge is -2.07. The molecule has 0 N–H and O–H groups in total. The molecule has 120 valence electrons. The van der Waals surface area contributed by atoms with Crippen molar-refractivity contribution in [3.05, 3.63) is 65.1 Å². The Morgan fingerprint density at radius 1 is 0.875 bits per heavy atom. The molecule has 0 saturated heterocycles. The van der Waals surface area contributed by atoms with Crippen LogP contribution >= 0.6 is 0 Å². The fraction of sp³-hybridized carbons (Fsp3) is 0.190. The van der Waals surface area contributed by atoms with E-state index >= 15 is 0 Å². The monoisotopic (exact) mass is 320 g/mol. The zero-order chi connectivity index (χ0) is 17.0. The topological polar surface area (TPSA) is 17.0 Å². The van der Waals surface area contributed by atoms with E-state index in [1.54, 1.807) is 6.07 Å². The van der Waals surface area contributed by atoms with Gasteiger partial charge in [0, 0.05) is 28.5 Å². The van der Waals surface area contributed by atoms with Crippen LogP contribution in [0.5, 0.6) is 0 Å². The molecule has 4 aromatic rings. The number of hydrogen-bond acceptors (Lipinski definition) is 1. The second-order valence-corrected chi connectivity index (χ2v) is 6.51. The highest BCUT2D eigenvalue weighted by molar-refractivity contribution is 6.09. The summed E-state index contributed by atoms with van der Waals surface area (Å²) in [5.41, 5.74) is 7.19. The van der Waals surface area contributed by atoms with E-state index in [9.17, 15) is 4.39 Å². The van der Waals surface area contributed by atoms with Crippen LogP contribution in [0.25, 0.3) is 33.2 Å². The number of pyridine rings is 1. The van der Waals surface area contributed by atoms with Crippen molar-refractivity contribution >= 4 is 21.9 Å². The zero-order valence-electron chi connectivity index (χ0n) is 14.3. The molecule has 2 heterocycles. The smallest absolute Gasteiger partial charge is 0.216 e. The van der Waals surface area contributed by atoms with Gasteiger partial charge < -0.3 is 4.42 Å². The lowest BCUT2D eigenvalue weighted by atomic mass is 9.99. The van der Waals surface area contributed by atoms with Crippen LogP contribution in [0.15, 0.2) is 47.0 Å². The van der Waals surface area contributed by atoms with E-state index in [1.807, 2.05) is 7.05 Å². The molecule has 2 aromatic carbocycles. The summed E-state index contributed by atoms with van der Waals surface area (Å²) in [6.07, 6.45) is 2.13. The summed E-state index contributed by atoms with van der Waals surface area (Å²) >= 11 is 0. The molecule has 0 fully saturated rings. The van der Waals surface area contributed by atoms with Crippen LogP contribution in [0.3, 0.4) is 0 Å². The number of nitrogens with zero attached hydrogens (tertiary/aromatic N) is 1. The third-order valence-electron chi connectivity index (χ3n) is 4.81. The predicted molar refractivity (Wildman–Crippen MR) is 94.5 cm³/mol. The molecule has 0 aliphatic rings. The first kappa shape index (κ1) is 14.9.